The summed E-state index contributed by atoms with van der Waals surface area (Å²) in [5, 5.41) is 3.63. The number of nitrogens with zero attached hydrogens (tertiary/aromatic N) is 2. The Morgan fingerprint density at radius 1 is 1.25 bits per heavy atom. The fourth-order valence-corrected chi connectivity index (χ4v) is 2.29. The molecule has 0 spiro atoms. The molecule has 2 rings (SSSR count). The van der Waals surface area contributed by atoms with E-state index in [4.69, 9.17) is 9.47 Å². The highest BCUT2D eigenvalue weighted by Crippen LogP contribution is 2.33. The number of ether oxygens (including phenoxy) is 2. The number of hydrogen-bond acceptors (Lipinski definition) is 6. The zero-order chi connectivity index (χ0) is 14.5. The number of nitrogens with one attached hydrogen (secondary N) is 1. The molecule has 2 aromatic rings. The minimum absolute atomic E-state index is 0.486. The molecule has 1 aromatic heterocycles. The predicted molar refractivity (Wildman–Crippen MR) is 84.1 cm³/mol. The van der Waals surface area contributed by atoms with Gasteiger partial charge in [-0.25, -0.2) is 4.98 Å². The van der Waals surface area contributed by atoms with Gasteiger partial charge in [0.05, 0.1) is 11.6 Å². The molecule has 1 N–H and O–H groups in total. The number of hydrogen-bond donors (Lipinski definition) is 1. The second kappa shape index (κ2) is 6.81. The Hall–Kier alpha value is -1.47. The van der Waals surface area contributed by atoms with Crippen molar-refractivity contribution in [3.8, 4) is 17.4 Å². The quantitative estimate of drug-likeness (QED) is 0.650. The second-order valence-corrected chi connectivity index (χ2v) is 5.35. The van der Waals surface area contributed by atoms with Crippen LogP contribution in [0.5, 0.6) is 17.4 Å². The molecule has 0 radical (unpaired) electrons. The summed E-state index contributed by atoms with van der Waals surface area (Å²) in [6.07, 6.45) is 1.92. The minimum Gasteiger partial charge on any atom is -0.497 e. The number of anilines is 1. The van der Waals surface area contributed by atoms with Gasteiger partial charge in [0.2, 0.25) is 5.88 Å². The van der Waals surface area contributed by atoms with Crippen molar-refractivity contribution >= 4 is 33.5 Å². The zero-order valence-corrected chi connectivity index (χ0v) is 13.7. The van der Waals surface area contributed by atoms with E-state index < -0.39 is 0 Å². The lowest BCUT2D eigenvalue weighted by Gasteiger charge is -2.10. The van der Waals surface area contributed by atoms with Crippen molar-refractivity contribution in [3.05, 3.63) is 28.7 Å². The second-order valence-electron chi connectivity index (χ2n) is 3.73. The fourth-order valence-electron chi connectivity index (χ4n) is 1.48. The summed E-state index contributed by atoms with van der Waals surface area (Å²) in [5.74, 6) is 2.62. The topological polar surface area (TPSA) is 56.3 Å². The van der Waals surface area contributed by atoms with Gasteiger partial charge in [-0.15, -0.1) is 0 Å². The van der Waals surface area contributed by atoms with Crippen LogP contribution < -0.4 is 14.8 Å². The van der Waals surface area contributed by atoms with Crippen molar-refractivity contribution < 1.29 is 9.47 Å². The Balaban J connectivity index is 2.29. The molecule has 0 amide bonds. The fraction of sp³-hybridized carbons (Fsp3) is 0.231. The molecule has 0 saturated heterocycles. The third kappa shape index (κ3) is 3.55. The molecule has 0 saturated carbocycles. The Labute approximate surface area is 130 Å². The summed E-state index contributed by atoms with van der Waals surface area (Å²) in [5.41, 5.74) is 0. The van der Waals surface area contributed by atoms with Crippen LogP contribution in [0, 0.1) is 0 Å². The number of halogens is 1. The number of aromatic nitrogens is 2. The van der Waals surface area contributed by atoms with Gasteiger partial charge in [0.15, 0.2) is 5.16 Å². The van der Waals surface area contributed by atoms with Crippen LogP contribution in [0.1, 0.15) is 0 Å². The molecular formula is C13H14BrN3O2S. The maximum atomic E-state index is 5.79. The smallest absolute Gasteiger partial charge is 0.225 e. The lowest BCUT2D eigenvalue weighted by molar-refractivity contribution is 0.411. The third-order valence-corrected chi connectivity index (χ3v) is 3.64. The van der Waals surface area contributed by atoms with Gasteiger partial charge in [0, 0.05) is 13.1 Å². The van der Waals surface area contributed by atoms with E-state index in [2.05, 4.69) is 31.2 Å². The van der Waals surface area contributed by atoms with E-state index in [0.717, 1.165) is 10.2 Å². The van der Waals surface area contributed by atoms with Gasteiger partial charge in [-0.3, -0.25) is 0 Å². The lowest BCUT2D eigenvalue weighted by atomic mass is 10.3. The highest BCUT2D eigenvalue weighted by molar-refractivity contribution is 9.10. The number of methoxy groups -OCH3 is 1. The zero-order valence-electron chi connectivity index (χ0n) is 11.3. The first-order valence-corrected chi connectivity index (χ1v) is 7.80. The maximum Gasteiger partial charge on any atom is 0.225 e. The molecule has 0 unspecified atom stereocenters. The summed E-state index contributed by atoms with van der Waals surface area (Å²) in [7, 11) is 3.43. The van der Waals surface area contributed by atoms with E-state index in [-0.39, 0.29) is 0 Å². The average Bonchev–Trinajstić information content (AvgIpc) is 2.48. The van der Waals surface area contributed by atoms with E-state index in [1.54, 1.807) is 20.2 Å². The Bertz CT molecular complexity index is 588. The van der Waals surface area contributed by atoms with Crippen LogP contribution in [0.3, 0.4) is 0 Å². The van der Waals surface area contributed by atoms with Crippen LogP contribution in [0.15, 0.2) is 33.9 Å². The molecule has 1 aromatic carbocycles. The van der Waals surface area contributed by atoms with Crippen LogP contribution in [-0.2, 0) is 0 Å². The van der Waals surface area contributed by atoms with Crippen molar-refractivity contribution in [1.82, 2.24) is 9.97 Å². The summed E-state index contributed by atoms with van der Waals surface area (Å²) in [6.45, 7) is 0. The molecule has 1 heterocycles. The summed E-state index contributed by atoms with van der Waals surface area (Å²) in [6, 6.07) is 7.24. The van der Waals surface area contributed by atoms with Crippen molar-refractivity contribution in [2.45, 2.75) is 5.16 Å². The highest BCUT2D eigenvalue weighted by Gasteiger charge is 2.08. The molecule has 0 bridgehead atoms. The minimum atomic E-state index is 0.486. The summed E-state index contributed by atoms with van der Waals surface area (Å²) >= 11 is 4.91. The normalized spacial score (nSPS) is 10.2. The largest absolute Gasteiger partial charge is 0.497 e. The number of rotatable bonds is 5. The van der Waals surface area contributed by atoms with Crippen molar-refractivity contribution in [2.24, 2.45) is 0 Å². The Morgan fingerprint density at radius 3 is 2.65 bits per heavy atom. The van der Waals surface area contributed by atoms with Crippen molar-refractivity contribution in [3.63, 3.8) is 0 Å². The van der Waals surface area contributed by atoms with Gasteiger partial charge < -0.3 is 14.8 Å². The van der Waals surface area contributed by atoms with Gasteiger partial charge in [0.25, 0.3) is 0 Å². The molecule has 0 aliphatic carbocycles. The third-order valence-electron chi connectivity index (χ3n) is 2.47. The first-order chi connectivity index (χ1) is 9.66. The van der Waals surface area contributed by atoms with Crippen molar-refractivity contribution in [2.75, 3.05) is 25.7 Å². The van der Waals surface area contributed by atoms with E-state index >= 15 is 0 Å². The van der Waals surface area contributed by atoms with Gasteiger partial charge in [-0.2, -0.15) is 4.98 Å². The first-order valence-electron chi connectivity index (χ1n) is 5.78. The van der Waals surface area contributed by atoms with E-state index in [0.29, 0.717) is 22.6 Å². The van der Waals surface area contributed by atoms with Crippen LogP contribution in [0.25, 0.3) is 0 Å². The average molecular weight is 356 g/mol. The van der Waals surface area contributed by atoms with Crippen LogP contribution in [0.4, 0.5) is 5.82 Å². The van der Waals surface area contributed by atoms with Gasteiger partial charge in [0.1, 0.15) is 17.3 Å². The molecule has 0 aliphatic rings. The molecule has 106 valence electrons. The van der Waals surface area contributed by atoms with Crippen LogP contribution in [0.2, 0.25) is 0 Å². The molecule has 20 heavy (non-hydrogen) atoms. The summed E-state index contributed by atoms with van der Waals surface area (Å²) < 4.78 is 11.7. The molecule has 5 nitrogen and oxygen atoms in total. The van der Waals surface area contributed by atoms with Gasteiger partial charge >= 0.3 is 0 Å². The monoisotopic (exact) mass is 355 g/mol. The lowest BCUT2D eigenvalue weighted by Crippen LogP contribution is -1.98. The van der Waals surface area contributed by atoms with Gasteiger partial charge in [-0.1, -0.05) is 11.8 Å². The molecule has 0 fully saturated rings. The number of thioether (sulfide) groups is 1. The standard InChI is InChI=1S/C13H14BrN3O2S/c1-15-11-7-12(17-13(16-11)20-3)19-10-5-4-8(18-2)6-9(10)14/h4-7H,1-3H3,(H,15,16,17). The van der Waals surface area contributed by atoms with E-state index in [9.17, 15) is 0 Å². The maximum absolute atomic E-state index is 5.79. The molecule has 0 aliphatic heterocycles. The first kappa shape index (κ1) is 14.9. The highest BCUT2D eigenvalue weighted by atomic mass is 79.9. The van der Waals surface area contributed by atoms with E-state index in [1.807, 2.05) is 24.5 Å². The van der Waals surface area contributed by atoms with Crippen molar-refractivity contribution in [1.29, 1.82) is 0 Å². The predicted octanol–water partition coefficient (Wildman–Crippen LogP) is 3.80. The molecule has 0 atom stereocenters. The Kier molecular flexibility index (Phi) is 5.08. The number of benzene rings is 1. The SMILES string of the molecule is CNc1cc(Oc2ccc(OC)cc2Br)nc(SC)n1. The Morgan fingerprint density at radius 2 is 2.05 bits per heavy atom. The van der Waals surface area contributed by atoms with Crippen LogP contribution in [-0.4, -0.2) is 30.4 Å². The van der Waals surface area contributed by atoms with Crippen LogP contribution >= 0.6 is 27.7 Å². The molecule has 7 heteroatoms. The molecular weight excluding hydrogens is 342 g/mol. The van der Waals surface area contributed by atoms with E-state index in [1.165, 1.54) is 11.8 Å². The summed E-state index contributed by atoms with van der Waals surface area (Å²) in [4.78, 5) is 8.61. The van der Waals surface area contributed by atoms with Gasteiger partial charge in [-0.05, 0) is 40.4 Å².